The second-order valence-corrected chi connectivity index (χ2v) is 1.65. The van der Waals surface area contributed by atoms with Gasteiger partial charge in [-0.05, 0) is 12.1 Å². The van der Waals surface area contributed by atoms with E-state index in [-0.39, 0.29) is 0 Å². The zero-order chi connectivity index (χ0) is 7.40. The first kappa shape index (κ1) is 6.67. The molecule has 0 saturated heterocycles. The van der Waals surface area contributed by atoms with Crippen molar-refractivity contribution in [2.45, 2.75) is 0 Å². The highest BCUT2D eigenvalue weighted by molar-refractivity contribution is 5.75. The minimum Gasteiger partial charge on any atom is -0.411 e. The molecule has 0 aromatic carbocycles. The van der Waals surface area contributed by atoms with E-state index in [1.165, 1.54) is 12.1 Å². The number of pyridine rings is 1. The molecular weight excluding hydrogens is 135 g/mol. The third-order valence-corrected chi connectivity index (χ3v) is 0.940. The number of hydrogen-bond donors (Lipinski definition) is 1. The number of hydrogen-bond acceptors (Lipinski definition) is 3. The van der Waals surface area contributed by atoms with Gasteiger partial charge in [0, 0.05) is 0 Å². The van der Waals surface area contributed by atoms with Crippen molar-refractivity contribution in [2.75, 3.05) is 0 Å². The van der Waals surface area contributed by atoms with Crippen LogP contribution in [-0.4, -0.2) is 16.4 Å². The highest BCUT2D eigenvalue weighted by Crippen LogP contribution is 1.94. The first-order valence-corrected chi connectivity index (χ1v) is 2.62. The Kier molecular flexibility index (Phi) is 1.94. The van der Waals surface area contributed by atoms with Gasteiger partial charge in [-0.2, -0.15) is 0 Å². The van der Waals surface area contributed by atoms with Crippen molar-refractivity contribution in [3.8, 4) is 0 Å². The Morgan fingerprint density at radius 3 is 2.90 bits per heavy atom. The Labute approximate surface area is 56.8 Å². The average molecular weight is 140 g/mol. The van der Waals surface area contributed by atoms with E-state index in [4.69, 9.17) is 5.21 Å². The summed E-state index contributed by atoms with van der Waals surface area (Å²) in [6.07, 6.45) is 2.18. The topological polar surface area (TPSA) is 45.5 Å². The van der Waals surface area contributed by atoms with Crippen molar-refractivity contribution in [1.29, 1.82) is 0 Å². The maximum atomic E-state index is 12.2. The minimum atomic E-state index is -0.407. The lowest BCUT2D eigenvalue weighted by molar-refractivity contribution is 0.321. The predicted molar refractivity (Wildman–Crippen MR) is 33.6 cm³/mol. The van der Waals surface area contributed by atoms with E-state index in [9.17, 15) is 4.39 Å². The van der Waals surface area contributed by atoms with Crippen LogP contribution in [0, 0.1) is 5.82 Å². The van der Waals surface area contributed by atoms with Gasteiger partial charge >= 0.3 is 0 Å². The normalized spacial score (nSPS) is 10.5. The molecule has 10 heavy (non-hydrogen) atoms. The van der Waals surface area contributed by atoms with Crippen LogP contribution in [0.3, 0.4) is 0 Å². The van der Waals surface area contributed by atoms with E-state index in [1.54, 1.807) is 0 Å². The fraction of sp³-hybridized carbons (Fsp3) is 0. The van der Waals surface area contributed by atoms with Crippen LogP contribution in [0.4, 0.5) is 4.39 Å². The molecule has 0 amide bonds. The highest BCUT2D eigenvalue weighted by atomic mass is 19.1. The Balaban J connectivity index is 2.89. The molecular formula is C6H5FN2O. The third kappa shape index (κ3) is 1.51. The van der Waals surface area contributed by atoms with Gasteiger partial charge in [0.15, 0.2) is 0 Å². The van der Waals surface area contributed by atoms with Gasteiger partial charge in [0.25, 0.3) is 0 Å². The zero-order valence-electron chi connectivity index (χ0n) is 5.03. The van der Waals surface area contributed by atoms with Crippen LogP contribution in [0.5, 0.6) is 0 Å². The summed E-state index contributed by atoms with van der Waals surface area (Å²) in [5.41, 5.74) is 0.420. The summed E-state index contributed by atoms with van der Waals surface area (Å²) in [7, 11) is 0. The van der Waals surface area contributed by atoms with Gasteiger partial charge in [0.1, 0.15) is 5.82 Å². The molecule has 4 heteroatoms. The molecule has 52 valence electrons. The molecule has 0 radical (unpaired) electrons. The standard InChI is InChI=1S/C6H5FN2O/c7-5-1-2-6(4-9-10)8-3-5/h1-4,10H/b9-4-. The van der Waals surface area contributed by atoms with E-state index in [2.05, 4.69) is 10.1 Å². The van der Waals surface area contributed by atoms with Crippen LogP contribution < -0.4 is 0 Å². The Hall–Kier alpha value is -1.45. The van der Waals surface area contributed by atoms with Crippen molar-refractivity contribution in [3.05, 3.63) is 29.8 Å². The summed E-state index contributed by atoms with van der Waals surface area (Å²) in [4.78, 5) is 3.58. The van der Waals surface area contributed by atoms with Crippen molar-refractivity contribution >= 4 is 6.21 Å². The molecule has 0 aliphatic carbocycles. The first-order chi connectivity index (χ1) is 4.83. The van der Waals surface area contributed by atoms with Gasteiger partial charge in [-0.1, -0.05) is 5.16 Å². The number of nitrogens with zero attached hydrogens (tertiary/aromatic N) is 2. The SMILES string of the molecule is O/N=C\c1ccc(F)cn1. The van der Waals surface area contributed by atoms with Crippen molar-refractivity contribution < 1.29 is 9.60 Å². The van der Waals surface area contributed by atoms with Crippen LogP contribution in [0.15, 0.2) is 23.5 Å². The maximum absolute atomic E-state index is 12.2. The van der Waals surface area contributed by atoms with Gasteiger partial charge in [-0.3, -0.25) is 4.98 Å². The second kappa shape index (κ2) is 2.91. The second-order valence-electron chi connectivity index (χ2n) is 1.65. The molecule has 1 aromatic rings. The molecule has 1 N–H and O–H groups in total. The largest absolute Gasteiger partial charge is 0.411 e. The number of halogens is 1. The molecule has 0 spiro atoms. The third-order valence-electron chi connectivity index (χ3n) is 0.940. The smallest absolute Gasteiger partial charge is 0.141 e. The summed E-state index contributed by atoms with van der Waals surface area (Å²) in [5.74, 6) is -0.407. The van der Waals surface area contributed by atoms with Gasteiger partial charge in [-0.25, -0.2) is 4.39 Å². The summed E-state index contributed by atoms with van der Waals surface area (Å²) in [5, 5.41) is 10.8. The summed E-state index contributed by atoms with van der Waals surface area (Å²) < 4.78 is 12.2. The lowest BCUT2D eigenvalue weighted by atomic mass is 10.4. The minimum absolute atomic E-state index is 0.407. The van der Waals surface area contributed by atoms with E-state index in [0.717, 1.165) is 12.4 Å². The van der Waals surface area contributed by atoms with Crippen LogP contribution in [0.1, 0.15) is 5.69 Å². The van der Waals surface area contributed by atoms with Crippen LogP contribution in [0.2, 0.25) is 0 Å². The molecule has 0 aliphatic rings. The molecule has 1 aromatic heterocycles. The summed E-state index contributed by atoms with van der Waals surface area (Å²) >= 11 is 0. The van der Waals surface area contributed by atoms with Crippen LogP contribution in [-0.2, 0) is 0 Å². The molecule has 3 nitrogen and oxygen atoms in total. The molecule has 1 heterocycles. The first-order valence-electron chi connectivity index (χ1n) is 2.62. The number of oxime groups is 1. The fourth-order valence-electron chi connectivity index (χ4n) is 0.523. The summed E-state index contributed by atoms with van der Waals surface area (Å²) in [6.45, 7) is 0. The monoisotopic (exact) mass is 140 g/mol. The van der Waals surface area contributed by atoms with Crippen molar-refractivity contribution in [2.24, 2.45) is 5.16 Å². The van der Waals surface area contributed by atoms with Crippen LogP contribution in [0.25, 0.3) is 0 Å². The number of aromatic nitrogens is 1. The lowest BCUT2D eigenvalue weighted by Gasteiger charge is -1.87. The Bertz CT molecular complexity index is 232. The molecule has 0 aliphatic heterocycles. The van der Waals surface area contributed by atoms with Gasteiger partial charge < -0.3 is 5.21 Å². The van der Waals surface area contributed by atoms with E-state index in [0.29, 0.717) is 5.69 Å². The molecule has 0 atom stereocenters. The van der Waals surface area contributed by atoms with E-state index >= 15 is 0 Å². The quantitative estimate of drug-likeness (QED) is 0.359. The fourth-order valence-corrected chi connectivity index (χ4v) is 0.523. The zero-order valence-corrected chi connectivity index (χ0v) is 5.03. The Morgan fingerprint density at radius 1 is 1.60 bits per heavy atom. The van der Waals surface area contributed by atoms with Crippen molar-refractivity contribution in [3.63, 3.8) is 0 Å². The van der Waals surface area contributed by atoms with Gasteiger partial charge in [0.05, 0.1) is 18.1 Å². The highest BCUT2D eigenvalue weighted by Gasteiger charge is 1.89. The molecule has 1 rings (SSSR count). The van der Waals surface area contributed by atoms with Gasteiger partial charge in [-0.15, -0.1) is 0 Å². The van der Waals surface area contributed by atoms with E-state index < -0.39 is 5.82 Å². The summed E-state index contributed by atoms with van der Waals surface area (Å²) in [6, 6.07) is 2.65. The number of rotatable bonds is 1. The van der Waals surface area contributed by atoms with E-state index in [1.807, 2.05) is 0 Å². The Morgan fingerprint density at radius 2 is 2.40 bits per heavy atom. The average Bonchev–Trinajstić information content (AvgIpc) is 1.95. The van der Waals surface area contributed by atoms with Crippen LogP contribution >= 0.6 is 0 Å². The van der Waals surface area contributed by atoms with Gasteiger partial charge in [0.2, 0.25) is 0 Å². The molecule has 0 saturated carbocycles. The van der Waals surface area contributed by atoms with Crippen molar-refractivity contribution in [1.82, 2.24) is 4.98 Å². The molecule has 0 bridgehead atoms. The maximum Gasteiger partial charge on any atom is 0.141 e. The predicted octanol–water partition coefficient (Wildman–Crippen LogP) is 1.03. The molecule has 0 fully saturated rings. The molecule has 0 unspecified atom stereocenters. The lowest BCUT2D eigenvalue weighted by Crippen LogP contribution is -1.86.